The van der Waals surface area contributed by atoms with Crippen LogP contribution in [0.2, 0.25) is 0 Å². The van der Waals surface area contributed by atoms with Gasteiger partial charge < -0.3 is 20.5 Å². The normalized spacial score (nSPS) is 12.6. The van der Waals surface area contributed by atoms with E-state index in [1.807, 2.05) is 18.2 Å². The summed E-state index contributed by atoms with van der Waals surface area (Å²) in [6, 6.07) is 13.9. The molecule has 2 aromatic carbocycles. The molecule has 24 heavy (non-hydrogen) atoms. The maximum atomic E-state index is 6.02. The zero-order valence-corrected chi connectivity index (χ0v) is 14.7. The van der Waals surface area contributed by atoms with Gasteiger partial charge in [-0.3, -0.25) is 4.99 Å². The van der Waals surface area contributed by atoms with Gasteiger partial charge in [0.15, 0.2) is 5.96 Å². The molecule has 0 aliphatic heterocycles. The Morgan fingerprint density at radius 3 is 2.62 bits per heavy atom. The molecule has 0 aromatic heterocycles. The number of rotatable bonds is 6. The van der Waals surface area contributed by atoms with E-state index < -0.39 is 0 Å². The van der Waals surface area contributed by atoms with Crippen molar-refractivity contribution in [2.75, 3.05) is 26.1 Å². The van der Waals surface area contributed by atoms with Gasteiger partial charge in [0.2, 0.25) is 0 Å². The maximum Gasteiger partial charge on any atom is 0.193 e. The van der Waals surface area contributed by atoms with E-state index in [1.54, 1.807) is 14.2 Å². The summed E-state index contributed by atoms with van der Waals surface area (Å²) in [5.41, 5.74) is 9.24. The Morgan fingerprint density at radius 2 is 1.96 bits per heavy atom. The smallest absolute Gasteiger partial charge is 0.193 e. The van der Waals surface area contributed by atoms with Crippen molar-refractivity contribution in [1.82, 2.24) is 0 Å². The van der Waals surface area contributed by atoms with Crippen LogP contribution in [0.3, 0.4) is 0 Å². The summed E-state index contributed by atoms with van der Waals surface area (Å²) in [7, 11) is 3.23. The van der Waals surface area contributed by atoms with E-state index in [0.29, 0.717) is 18.3 Å². The number of aliphatic imine (C=N–C) groups is 1. The molecule has 0 saturated heterocycles. The molecular weight excluding hydrogens is 302 g/mol. The lowest BCUT2D eigenvalue weighted by atomic mass is 10.00. The lowest BCUT2D eigenvalue weighted by molar-refractivity contribution is 0.405. The first-order valence-electron chi connectivity index (χ1n) is 7.89. The number of guanidine groups is 1. The molecule has 0 fully saturated rings. The van der Waals surface area contributed by atoms with Gasteiger partial charge in [0.25, 0.3) is 0 Å². The van der Waals surface area contributed by atoms with Gasteiger partial charge in [0, 0.05) is 18.5 Å². The second kappa shape index (κ2) is 8.24. The number of methoxy groups -OCH3 is 2. The maximum absolute atomic E-state index is 6.02. The van der Waals surface area contributed by atoms with Gasteiger partial charge in [-0.15, -0.1) is 0 Å². The quantitative estimate of drug-likeness (QED) is 0.629. The largest absolute Gasteiger partial charge is 0.497 e. The van der Waals surface area contributed by atoms with Gasteiger partial charge in [-0.1, -0.05) is 36.8 Å². The van der Waals surface area contributed by atoms with E-state index in [1.165, 1.54) is 11.1 Å². The molecule has 1 atom stereocenters. The minimum Gasteiger partial charge on any atom is -0.497 e. The van der Waals surface area contributed by atoms with Crippen molar-refractivity contribution in [2.45, 2.75) is 19.8 Å². The van der Waals surface area contributed by atoms with Crippen LogP contribution in [0.15, 0.2) is 47.5 Å². The fourth-order valence-corrected chi connectivity index (χ4v) is 2.41. The van der Waals surface area contributed by atoms with E-state index >= 15 is 0 Å². The first kappa shape index (κ1) is 17.7. The average molecular weight is 327 g/mol. The van der Waals surface area contributed by atoms with Gasteiger partial charge in [0.1, 0.15) is 11.5 Å². The lowest BCUT2D eigenvalue weighted by Gasteiger charge is -2.13. The van der Waals surface area contributed by atoms with Crippen LogP contribution >= 0.6 is 0 Å². The second-order valence-corrected chi connectivity index (χ2v) is 5.73. The highest BCUT2D eigenvalue weighted by Crippen LogP contribution is 2.28. The number of aryl methyl sites for hydroxylation is 1. The Balaban J connectivity index is 2.06. The molecule has 0 spiro atoms. The SMILES string of the molecule is COc1ccc(OC)c(NC(N)=NCC(C)c2cccc(C)c2)c1. The van der Waals surface area contributed by atoms with E-state index in [4.69, 9.17) is 15.2 Å². The van der Waals surface area contributed by atoms with Crippen molar-refractivity contribution in [3.05, 3.63) is 53.6 Å². The van der Waals surface area contributed by atoms with Crippen LogP contribution in [0, 0.1) is 6.92 Å². The molecule has 3 N–H and O–H groups in total. The van der Waals surface area contributed by atoms with Crippen LogP contribution in [-0.4, -0.2) is 26.7 Å². The molecule has 0 aliphatic carbocycles. The predicted octanol–water partition coefficient (Wildman–Crippen LogP) is 3.54. The molecule has 5 heteroatoms. The summed E-state index contributed by atoms with van der Waals surface area (Å²) < 4.78 is 10.6. The van der Waals surface area contributed by atoms with Crippen LogP contribution in [0.25, 0.3) is 0 Å². The summed E-state index contributed by atoms with van der Waals surface area (Å²) in [6.45, 7) is 4.83. The molecule has 0 radical (unpaired) electrons. The van der Waals surface area contributed by atoms with Crippen molar-refractivity contribution in [1.29, 1.82) is 0 Å². The summed E-state index contributed by atoms with van der Waals surface area (Å²) in [5, 5.41) is 3.08. The number of hydrogen-bond donors (Lipinski definition) is 2. The number of nitrogens with two attached hydrogens (primary N) is 1. The fourth-order valence-electron chi connectivity index (χ4n) is 2.41. The van der Waals surface area contributed by atoms with Crippen molar-refractivity contribution in [3.63, 3.8) is 0 Å². The third-order valence-corrected chi connectivity index (χ3v) is 3.82. The lowest BCUT2D eigenvalue weighted by Crippen LogP contribution is -2.23. The van der Waals surface area contributed by atoms with E-state index in [0.717, 1.165) is 11.4 Å². The van der Waals surface area contributed by atoms with E-state index in [-0.39, 0.29) is 5.92 Å². The molecule has 0 aliphatic rings. The van der Waals surface area contributed by atoms with Crippen LogP contribution < -0.4 is 20.5 Å². The number of nitrogens with zero attached hydrogens (tertiary/aromatic N) is 1. The minimum absolute atomic E-state index is 0.289. The number of anilines is 1. The molecule has 2 rings (SSSR count). The number of nitrogens with one attached hydrogen (secondary N) is 1. The monoisotopic (exact) mass is 327 g/mol. The summed E-state index contributed by atoms with van der Waals surface area (Å²) >= 11 is 0. The third-order valence-electron chi connectivity index (χ3n) is 3.82. The molecule has 128 valence electrons. The topological polar surface area (TPSA) is 68.9 Å². The van der Waals surface area contributed by atoms with Crippen molar-refractivity contribution in [3.8, 4) is 11.5 Å². The van der Waals surface area contributed by atoms with Crippen LogP contribution in [0.5, 0.6) is 11.5 Å². The first-order valence-corrected chi connectivity index (χ1v) is 7.89. The molecule has 0 heterocycles. The van der Waals surface area contributed by atoms with Crippen molar-refractivity contribution in [2.24, 2.45) is 10.7 Å². The predicted molar refractivity (Wildman–Crippen MR) is 99.3 cm³/mol. The second-order valence-electron chi connectivity index (χ2n) is 5.73. The number of benzene rings is 2. The summed E-state index contributed by atoms with van der Waals surface area (Å²) in [5.74, 6) is 2.04. The number of ether oxygens (including phenoxy) is 2. The molecule has 0 amide bonds. The van der Waals surface area contributed by atoms with Crippen LogP contribution in [0.1, 0.15) is 24.0 Å². The summed E-state index contributed by atoms with van der Waals surface area (Å²) in [4.78, 5) is 4.44. The molecule has 1 unspecified atom stereocenters. The Bertz CT molecular complexity index is 714. The van der Waals surface area contributed by atoms with Gasteiger partial charge in [-0.05, 0) is 24.6 Å². The van der Waals surface area contributed by atoms with Gasteiger partial charge in [-0.2, -0.15) is 0 Å². The van der Waals surface area contributed by atoms with Gasteiger partial charge in [0.05, 0.1) is 19.9 Å². The number of hydrogen-bond acceptors (Lipinski definition) is 3. The molecule has 0 bridgehead atoms. The van der Waals surface area contributed by atoms with E-state index in [2.05, 4.69) is 48.4 Å². The first-order chi connectivity index (χ1) is 11.5. The zero-order chi connectivity index (χ0) is 17.5. The molecule has 0 saturated carbocycles. The van der Waals surface area contributed by atoms with Crippen molar-refractivity contribution < 1.29 is 9.47 Å². The van der Waals surface area contributed by atoms with Gasteiger partial charge in [-0.25, -0.2) is 0 Å². The third kappa shape index (κ3) is 4.65. The Labute approximate surface area is 143 Å². The van der Waals surface area contributed by atoms with Crippen molar-refractivity contribution >= 4 is 11.6 Å². The molecule has 2 aromatic rings. The highest BCUT2D eigenvalue weighted by atomic mass is 16.5. The Morgan fingerprint density at radius 1 is 1.17 bits per heavy atom. The minimum atomic E-state index is 0.289. The standard InChI is InChI=1S/C19H25N3O2/c1-13-6-5-7-15(10-13)14(2)12-21-19(20)22-17-11-16(23-3)8-9-18(17)24-4/h5-11,14H,12H2,1-4H3,(H3,20,21,22). The van der Waals surface area contributed by atoms with E-state index in [9.17, 15) is 0 Å². The highest BCUT2D eigenvalue weighted by molar-refractivity contribution is 5.94. The molecule has 5 nitrogen and oxygen atoms in total. The average Bonchev–Trinajstić information content (AvgIpc) is 2.59. The van der Waals surface area contributed by atoms with Gasteiger partial charge >= 0.3 is 0 Å². The highest BCUT2D eigenvalue weighted by Gasteiger charge is 2.08. The molecular formula is C19H25N3O2. The Kier molecular flexibility index (Phi) is 6.07. The Hall–Kier alpha value is -2.69. The zero-order valence-electron chi connectivity index (χ0n) is 14.7. The van der Waals surface area contributed by atoms with Crippen LogP contribution in [0.4, 0.5) is 5.69 Å². The fraction of sp³-hybridized carbons (Fsp3) is 0.316. The summed E-state index contributed by atoms with van der Waals surface area (Å²) in [6.07, 6.45) is 0. The van der Waals surface area contributed by atoms with Crippen LogP contribution in [-0.2, 0) is 0 Å².